The molecule has 0 saturated carbocycles. The lowest BCUT2D eigenvalue weighted by Crippen LogP contribution is -2.41. The van der Waals surface area contributed by atoms with Crippen LogP contribution < -0.4 is 11.3 Å². The minimum Gasteiger partial charge on any atom is -0.457 e. The Bertz CT molecular complexity index is 1070. The molecule has 2 heterocycles. The number of carbonyl (C=O) groups is 1. The predicted molar refractivity (Wildman–Crippen MR) is 115 cm³/mol. The molecule has 1 saturated heterocycles. The topological polar surface area (TPSA) is 90.5 Å². The van der Waals surface area contributed by atoms with Crippen LogP contribution >= 0.6 is 0 Å². The average Bonchev–Trinajstić information content (AvgIpc) is 2.78. The van der Waals surface area contributed by atoms with E-state index in [1.807, 2.05) is 30.3 Å². The Morgan fingerprint density at radius 1 is 1.10 bits per heavy atom. The summed E-state index contributed by atoms with van der Waals surface area (Å²) in [6, 6.07) is 14.9. The molecule has 0 atom stereocenters. The molecule has 1 aliphatic rings. The molecule has 0 spiro atoms. The first-order valence-corrected chi connectivity index (χ1v) is 10.3. The number of ether oxygens (including phenoxy) is 1. The highest BCUT2D eigenvalue weighted by Gasteiger charge is 2.17. The summed E-state index contributed by atoms with van der Waals surface area (Å²) in [5.41, 5.74) is 8.45. The second-order valence-corrected chi connectivity index (χ2v) is 7.69. The molecule has 0 radical (unpaired) electrons. The third-order valence-electron chi connectivity index (χ3n) is 5.57. The minimum absolute atomic E-state index is 0.175. The highest BCUT2D eigenvalue weighted by Crippen LogP contribution is 2.15. The van der Waals surface area contributed by atoms with E-state index in [0.717, 1.165) is 38.0 Å². The molecule has 7 heteroatoms. The van der Waals surface area contributed by atoms with Crippen LogP contribution in [0.25, 0.3) is 11.0 Å². The lowest BCUT2D eigenvalue weighted by Gasteiger charge is -2.30. The maximum atomic E-state index is 12.5. The molecule has 0 unspecified atom stereocenters. The van der Waals surface area contributed by atoms with E-state index in [2.05, 4.69) is 9.88 Å². The van der Waals surface area contributed by atoms with Crippen molar-refractivity contribution in [3.8, 4) is 0 Å². The molecule has 0 bridgehead atoms. The molecule has 4 rings (SSSR count). The molecule has 30 heavy (non-hydrogen) atoms. The van der Waals surface area contributed by atoms with Gasteiger partial charge in [-0.05, 0) is 49.7 Å². The van der Waals surface area contributed by atoms with E-state index in [4.69, 9.17) is 10.5 Å². The highest BCUT2D eigenvalue weighted by molar-refractivity contribution is 5.93. The minimum atomic E-state index is -0.423. The number of esters is 1. The van der Waals surface area contributed by atoms with Gasteiger partial charge in [0.05, 0.1) is 22.8 Å². The van der Waals surface area contributed by atoms with Gasteiger partial charge in [-0.2, -0.15) is 0 Å². The molecule has 1 aromatic heterocycles. The fourth-order valence-corrected chi connectivity index (χ4v) is 3.74. The van der Waals surface area contributed by atoms with E-state index in [1.165, 1.54) is 6.20 Å². The number of fused-ring (bicyclic) bond motifs is 1. The van der Waals surface area contributed by atoms with Crippen molar-refractivity contribution in [3.05, 3.63) is 76.2 Å². The van der Waals surface area contributed by atoms with Crippen LogP contribution in [0.1, 0.15) is 28.8 Å². The molecule has 0 amide bonds. The standard InChI is InChI=1S/C23H26N4O3/c24-19-8-10-26(11-9-19)12-13-27-21-14-18(6-7-20(21)25-15-22(27)28)23(29)30-16-17-4-2-1-3-5-17/h1-7,14-15,19H,8-13,16,24H2. The quantitative estimate of drug-likeness (QED) is 0.631. The van der Waals surface area contributed by atoms with Crippen LogP contribution in [0.3, 0.4) is 0 Å². The number of nitrogens with two attached hydrogens (primary N) is 1. The first kappa shape index (κ1) is 20.3. The van der Waals surface area contributed by atoms with Crippen LogP contribution in [0.15, 0.2) is 59.5 Å². The number of hydrogen-bond donors (Lipinski definition) is 1. The summed E-state index contributed by atoms with van der Waals surface area (Å²) in [6.07, 6.45) is 3.29. The summed E-state index contributed by atoms with van der Waals surface area (Å²) in [7, 11) is 0. The highest BCUT2D eigenvalue weighted by atomic mass is 16.5. The van der Waals surface area contributed by atoms with Gasteiger partial charge >= 0.3 is 5.97 Å². The summed E-state index contributed by atoms with van der Waals surface area (Å²) in [5.74, 6) is -0.423. The Hall–Kier alpha value is -3.03. The van der Waals surface area contributed by atoms with Gasteiger partial charge in [0.1, 0.15) is 6.61 Å². The molecule has 2 aromatic carbocycles. The summed E-state index contributed by atoms with van der Waals surface area (Å²) in [4.78, 5) is 31.6. The average molecular weight is 406 g/mol. The zero-order valence-corrected chi connectivity index (χ0v) is 16.9. The molecule has 156 valence electrons. The van der Waals surface area contributed by atoms with Gasteiger partial charge < -0.3 is 19.9 Å². The van der Waals surface area contributed by atoms with Crippen LogP contribution in [0.2, 0.25) is 0 Å². The number of benzene rings is 2. The van der Waals surface area contributed by atoms with Gasteiger partial charge in [-0.25, -0.2) is 9.78 Å². The Balaban J connectivity index is 1.51. The van der Waals surface area contributed by atoms with Gasteiger partial charge in [-0.15, -0.1) is 0 Å². The summed E-state index contributed by atoms with van der Waals surface area (Å²) in [5, 5.41) is 0. The molecule has 3 aromatic rings. The zero-order chi connectivity index (χ0) is 20.9. The van der Waals surface area contributed by atoms with Crippen molar-refractivity contribution in [1.82, 2.24) is 14.5 Å². The molecule has 1 fully saturated rings. The van der Waals surface area contributed by atoms with E-state index in [1.54, 1.807) is 22.8 Å². The van der Waals surface area contributed by atoms with E-state index in [9.17, 15) is 9.59 Å². The van der Waals surface area contributed by atoms with Crippen LogP contribution in [0.5, 0.6) is 0 Å². The zero-order valence-electron chi connectivity index (χ0n) is 16.9. The van der Waals surface area contributed by atoms with Crippen LogP contribution in [0, 0.1) is 0 Å². The number of aromatic nitrogens is 2. The summed E-state index contributed by atoms with van der Waals surface area (Å²) in [6.45, 7) is 3.38. The van der Waals surface area contributed by atoms with Crippen molar-refractivity contribution < 1.29 is 9.53 Å². The Morgan fingerprint density at radius 3 is 2.63 bits per heavy atom. The normalized spacial score (nSPS) is 15.4. The van der Waals surface area contributed by atoms with Crippen molar-refractivity contribution in [2.45, 2.75) is 32.0 Å². The number of hydrogen-bond acceptors (Lipinski definition) is 6. The number of carbonyl (C=O) groups excluding carboxylic acids is 1. The van der Waals surface area contributed by atoms with Crippen molar-refractivity contribution in [2.24, 2.45) is 5.73 Å². The molecular weight excluding hydrogens is 380 g/mol. The third-order valence-corrected chi connectivity index (χ3v) is 5.57. The van der Waals surface area contributed by atoms with Gasteiger partial charge in [0.15, 0.2) is 0 Å². The van der Waals surface area contributed by atoms with Gasteiger partial charge in [-0.1, -0.05) is 30.3 Å². The number of piperidine rings is 1. The van der Waals surface area contributed by atoms with Crippen molar-refractivity contribution in [3.63, 3.8) is 0 Å². The fourth-order valence-electron chi connectivity index (χ4n) is 3.74. The Labute approximate surface area is 175 Å². The second kappa shape index (κ2) is 9.19. The van der Waals surface area contributed by atoms with Crippen molar-refractivity contribution >= 4 is 17.0 Å². The van der Waals surface area contributed by atoms with E-state index < -0.39 is 5.97 Å². The summed E-state index contributed by atoms with van der Waals surface area (Å²) < 4.78 is 7.12. The molecule has 1 aliphatic heterocycles. The number of nitrogens with zero attached hydrogens (tertiary/aromatic N) is 3. The van der Waals surface area contributed by atoms with Crippen molar-refractivity contribution in [2.75, 3.05) is 19.6 Å². The van der Waals surface area contributed by atoms with Gasteiger partial charge in [0.2, 0.25) is 0 Å². The van der Waals surface area contributed by atoms with Crippen LogP contribution in [0.4, 0.5) is 0 Å². The van der Waals surface area contributed by atoms with E-state index >= 15 is 0 Å². The second-order valence-electron chi connectivity index (χ2n) is 7.69. The van der Waals surface area contributed by atoms with Crippen LogP contribution in [-0.4, -0.2) is 46.1 Å². The lowest BCUT2D eigenvalue weighted by molar-refractivity contribution is 0.0473. The summed E-state index contributed by atoms with van der Waals surface area (Å²) >= 11 is 0. The van der Waals surface area contributed by atoms with E-state index in [0.29, 0.717) is 23.1 Å². The van der Waals surface area contributed by atoms with Gasteiger partial charge in [0, 0.05) is 19.1 Å². The Kier molecular flexibility index (Phi) is 6.21. The maximum absolute atomic E-state index is 12.5. The SMILES string of the molecule is NC1CCN(CCn2c(=O)cnc3ccc(C(=O)OCc4ccccc4)cc32)CC1. The molecule has 0 aliphatic carbocycles. The van der Waals surface area contributed by atoms with Crippen molar-refractivity contribution in [1.29, 1.82) is 0 Å². The number of rotatable bonds is 6. The number of likely N-dealkylation sites (tertiary alicyclic amines) is 1. The molecule has 2 N–H and O–H groups in total. The third kappa shape index (κ3) is 4.75. The largest absolute Gasteiger partial charge is 0.457 e. The molecule has 7 nitrogen and oxygen atoms in total. The Morgan fingerprint density at radius 2 is 1.87 bits per heavy atom. The molecular formula is C23H26N4O3. The lowest BCUT2D eigenvalue weighted by atomic mass is 10.1. The van der Waals surface area contributed by atoms with E-state index in [-0.39, 0.29) is 18.2 Å². The van der Waals surface area contributed by atoms with Crippen LogP contribution in [-0.2, 0) is 17.9 Å². The first-order chi connectivity index (χ1) is 14.6. The predicted octanol–water partition coefficient (Wildman–Crippen LogP) is 2.18. The maximum Gasteiger partial charge on any atom is 0.338 e. The first-order valence-electron chi connectivity index (χ1n) is 10.3. The van der Waals surface area contributed by atoms with Gasteiger partial charge in [-0.3, -0.25) is 4.79 Å². The van der Waals surface area contributed by atoms with Gasteiger partial charge in [0.25, 0.3) is 5.56 Å². The smallest absolute Gasteiger partial charge is 0.338 e. The fraction of sp³-hybridized carbons (Fsp3) is 0.348. The monoisotopic (exact) mass is 406 g/mol.